The van der Waals surface area contributed by atoms with Crippen LogP contribution < -0.4 is 5.32 Å². The first-order valence-electron chi connectivity index (χ1n) is 5.10. The Bertz CT molecular complexity index is 535. The van der Waals surface area contributed by atoms with Crippen LogP contribution in [0.4, 0.5) is 18.9 Å². The summed E-state index contributed by atoms with van der Waals surface area (Å²) in [5.74, 6) is 0. The highest BCUT2D eigenvalue weighted by Gasteiger charge is 2.44. The lowest BCUT2D eigenvalue weighted by Crippen LogP contribution is -2.23. The smallest absolute Gasteiger partial charge is 0.381 e. The maximum Gasteiger partial charge on any atom is 0.483 e. The van der Waals surface area contributed by atoms with E-state index in [-0.39, 0.29) is 5.69 Å². The van der Waals surface area contributed by atoms with Crippen LogP contribution in [-0.4, -0.2) is 16.3 Å². The van der Waals surface area contributed by atoms with Gasteiger partial charge in [-0.3, -0.25) is 0 Å². The van der Waals surface area contributed by atoms with Gasteiger partial charge in [-0.05, 0) is 19.1 Å². The second-order valence-corrected chi connectivity index (χ2v) is 5.46. The summed E-state index contributed by atoms with van der Waals surface area (Å²) in [7, 11) is -4.83. The van der Waals surface area contributed by atoms with E-state index in [4.69, 9.17) is 4.78 Å². The molecular formula is C11H13F3N2OS. The number of benzene rings is 1. The normalized spacial score (nSPS) is 15.6. The fraction of sp³-hybridized carbons (Fsp3) is 0.273. The van der Waals surface area contributed by atoms with Crippen LogP contribution in [0.15, 0.2) is 41.3 Å². The molecule has 18 heavy (non-hydrogen) atoms. The molecule has 0 heterocycles. The molecule has 1 rings (SSSR count). The van der Waals surface area contributed by atoms with Crippen LogP contribution in [0.3, 0.4) is 0 Å². The fourth-order valence-corrected chi connectivity index (χ4v) is 2.24. The van der Waals surface area contributed by atoms with Gasteiger partial charge in [0.15, 0.2) is 9.73 Å². The van der Waals surface area contributed by atoms with Crippen molar-refractivity contribution in [3.05, 3.63) is 36.4 Å². The molecule has 1 unspecified atom stereocenters. The minimum Gasteiger partial charge on any atom is -0.381 e. The Balaban J connectivity index is 3.18. The Labute approximate surface area is 104 Å². The molecule has 1 aromatic rings. The van der Waals surface area contributed by atoms with Crippen LogP contribution in [0.2, 0.25) is 0 Å². The minimum absolute atomic E-state index is 0.0629. The molecule has 2 N–H and O–H groups in total. The van der Waals surface area contributed by atoms with Gasteiger partial charge < -0.3 is 5.32 Å². The van der Waals surface area contributed by atoms with Gasteiger partial charge in [0.1, 0.15) is 0 Å². The predicted molar refractivity (Wildman–Crippen MR) is 64.9 cm³/mol. The highest BCUT2D eigenvalue weighted by atomic mass is 32.2. The van der Waals surface area contributed by atoms with Gasteiger partial charge in [0, 0.05) is 6.54 Å². The van der Waals surface area contributed by atoms with Crippen molar-refractivity contribution in [2.75, 3.05) is 11.9 Å². The Morgan fingerprint density at radius 1 is 1.39 bits per heavy atom. The second-order valence-electron chi connectivity index (χ2n) is 3.45. The zero-order valence-corrected chi connectivity index (χ0v) is 10.4. The van der Waals surface area contributed by atoms with Crippen molar-refractivity contribution in [3.8, 4) is 0 Å². The number of nitrogens with one attached hydrogen (secondary N) is 2. The predicted octanol–water partition coefficient (Wildman–Crippen LogP) is 3.60. The second kappa shape index (κ2) is 5.43. The summed E-state index contributed by atoms with van der Waals surface area (Å²) in [4.78, 5) is -0.540. The average molecular weight is 278 g/mol. The number of para-hydroxylation sites is 1. The summed E-state index contributed by atoms with van der Waals surface area (Å²) < 4.78 is 56.4. The molecule has 3 nitrogen and oxygen atoms in total. The van der Waals surface area contributed by atoms with E-state index in [1.165, 1.54) is 18.2 Å². The lowest BCUT2D eigenvalue weighted by Gasteiger charge is -2.15. The molecule has 0 aliphatic rings. The maximum absolute atomic E-state index is 12.6. The van der Waals surface area contributed by atoms with Crippen molar-refractivity contribution in [3.63, 3.8) is 0 Å². The first-order valence-corrected chi connectivity index (χ1v) is 6.65. The van der Waals surface area contributed by atoms with Crippen molar-refractivity contribution in [1.29, 1.82) is 4.78 Å². The monoisotopic (exact) mass is 278 g/mol. The van der Waals surface area contributed by atoms with E-state index in [2.05, 4.69) is 5.32 Å². The third kappa shape index (κ3) is 3.04. The molecule has 0 aliphatic heterocycles. The summed E-state index contributed by atoms with van der Waals surface area (Å²) in [5.41, 5.74) is -5.02. The largest absolute Gasteiger partial charge is 0.483 e. The molecule has 0 bridgehead atoms. The molecule has 0 saturated heterocycles. The minimum atomic E-state index is -5.08. The summed E-state index contributed by atoms with van der Waals surface area (Å²) in [6, 6.07) is 5.28. The number of anilines is 1. The van der Waals surface area contributed by atoms with Gasteiger partial charge >= 0.3 is 5.51 Å². The molecule has 7 heteroatoms. The Hall–Kier alpha value is -1.50. The van der Waals surface area contributed by atoms with E-state index in [1.54, 1.807) is 19.1 Å². The number of halogens is 3. The van der Waals surface area contributed by atoms with E-state index >= 15 is 0 Å². The molecule has 0 aliphatic carbocycles. The molecule has 1 atom stereocenters. The van der Waals surface area contributed by atoms with Gasteiger partial charge in [-0.1, -0.05) is 24.3 Å². The Morgan fingerprint density at radius 2 is 2.00 bits per heavy atom. The maximum atomic E-state index is 12.6. The molecule has 100 valence electrons. The molecule has 0 fully saturated rings. The van der Waals surface area contributed by atoms with E-state index in [9.17, 15) is 17.4 Å². The quantitative estimate of drug-likeness (QED) is 0.827. The highest BCUT2D eigenvalue weighted by molar-refractivity contribution is 7.93. The van der Waals surface area contributed by atoms with Crippen molar-refractivity contribution in [2.45, 2.75) is 17.3 Å². The van der Waals surface area contributed by atoms with Gasteiger partial charge in [-0.15, -0.1) is 0 Å². The van der Waals surface area contributed by atoms with Crippen LogP contribution in [0.1, 0.15) is 6.92 Å². The summed E-state index contributed by atoms with van der Waals surface area (Å²) in [6.45, 7) is 2.08. The number of rotatable bonds is 4. The number of hydrogen-bond donors (Lipinski definition) is 2. The zero-order valence-electron chi connectivity index (χ0n) is 9.62. The molecule has 0 aromatic heterocycles. The van der Waals surface area contributed by atoms with Gasteiger partial charge in [0.05, 0.1) is 10.6 Å². The molecule has 1 aromatic carbocycles. The van der Waals surface area contributed by atoms with Gasteiger partial charge in [-0.25, -0.2) is 8.99 Å². The molecule has 0 amide bonds. The van der Waals surface area contributed by atoms with Crippen LogP contribution in [0.25, 0.3) is 0 Å². The highest BCUT2D eigenvalue weighted by Crippen LogP contribution is 2.34. The summed E-state index contributed by atoms with van der Waals surface area (Å²) in [5, 5.41) is 2.71. The van der Waals surface area contributed by atoms with Gasteiger partial charge in [0.2, 0.25) is 0 Å². The number of hydrogen-bond acceptors (Lipinski definition) is 3. The van der Waals surface area contributed by atoms with Crippen LogP contribution in [-0.2, 0) is 9.73 Å². The Kier molecular flexibility index (Phi) is 4.39. The Morgan fingerprint density at radius 3 is 2.56 bits per heavy atom. The van der Waals surface area contributed by atoms with Crippen molar-refractivity contribution in [1.82, 2.24) is 0 Å². The van der Waals surface area contributed by atoms with Crippen molar-refractivity contribution in [2.24, 2.45) is 0 Å². The van der Waals surface area contributed by atoms with Crippen LogP contribution in [0.5, 0.6) is 0 Å². The lowest BCUT2D eigenvalue weighted by atomic mass is 10.3. The molecule has 0 spiro atoms. The van der Waals surface area contributed by atoms with Crippen molar-refractivity contribution >= 4 is 15.4 Å². The SMILES string of the molecule is C/C=C/CNc1ccccc1S(=N)(=O)C(F)(F)F. The molecule has 0 saturated carbocycles. The molecular weight excluding hydrogens is 265 g/mol. The first kappa shape index (κ1) is 14.6. The van der Waals surface area contributed by atoms with E-state index in [0.29, 0.717) is 6.54 Å². The third-order valence-corrected chi connectivity index (χ3v) is 3.80. The zero-order chi connectivity index (χ0) is 13.8. The standard InChI is InChI=1S/C11H13F3N2OS/c1-2-3-8-16-9-6-4-5-7-10(9)18(15,17)11(12,13)14/h2-7,15-16H,8H2,1H3/b3-2+. The summed E-state index contributed by atoms with van der Waals surface area (Å²) >= 11 is 0. The number of allylic oxidation sites excluding steroid dienone is 1. The van der Waals surface area contributed by atoms with Crippen molar-refractivity contribution < 1.29 is 17.4 Å². The first-order chi connectivity index (χ1) is 8.30. The lowest BCUT2D eigenvalue weighted by molar-refractivity contribution is -0.0406. The van der Waals surface area contributed by atoms with Gasteiger partial charge in [0.25, 0.3) is 0 Å². The molecule has 0 radical (unpaired) electrons. The van der Waals surface area contributed by atoms with E-state index < -0.39 is 20.1 Å². The third-order valence-electron chi connectivity index (χ3n) is 2.17. The average Bonchev–Trinajstić information content (AvgIpc) is 2.28. The number of alkyl halides is 3. The summed E-state index contributed by atoms with van der Waals surface area (Å²) in [6.07, 6.45) is 3.44. The topological polar surface area (TPSA) is 53.0 Å². The fourth-order valence-electron chi connectivity index (χ4n) is 1.27. The van der Waals surface area contributed by atoms with Crippen LogP contribution >= 0.6 is 0 Å². The van der Waals surface area contributed by atoms with Gasteiger partial charge in [-0.2, -0.15) is 13.2 Å². The van der Waals surface area contributed by atoms with Crippen LogP contribution in [0, 0.1) is 4.78 Å². The van der Waals surface area contributed by atoms with E-state index in [0.717, 1.165) is 6.07 Å². The van der Waals surface area contributed by atoms with E-state index in [1.807, 2.05) is 0 Å².